The molecule has 0 radical (unpaired) electrons. The molecule has 0 bridgehead atoms. The summed E-state index contributed by atoms with van der Waals surface area (Å²) in [5.74, 6) is -0.993. The number of anilines is 2. The summed E-state index contributed by atoms with van der Waals surface area (Å²) in [5.41, 5.74) is 7.61. The maximum Gasteiger partial charge on any atom is 0.314 e. The first-order valence-corrected chi connectivity index (χ1v) is 8.73. The molecule has 27 heavy (non-hydrogen) atoms. The number of nitrogens with zero attached hydrogens (tertiary/aromatic N) is 5. The van der Waals surface area contributed by atoms with Gasteiger partial charge in [-0.2, -0.15) is 10.2 Å². The lowest BCUT2D eigenvalue weighted by atomic mass is 9.99. The van der Waals surface area contributed by atoms with Crippen molar-refractivity contribution in [2.24, 2.45) is 7.05 Å². The highest BCUT2D eigenvalue weighted by Crippen LogP contribution is 2.31. The number of rotatable bonds is 2. The maximum absolute atomic E-state index is 12.9. The SMILES string of the molecule is Cn1nccc1[C@H]1CCCCN1C(=O)C(=O)Nc1cnc(N)c2cn[nH]c12. The number of aromatic amines is 1. The number of carbonyl (C=O) groups is 2. The van der Waals surface area contributed by atoms with Crippen LogP contribution in [0.3, 0.4) is 0 Å². The van der Waals surface area contributed by atoms with Gasteiger partial charge in [0.15, 0.2) is 0 Å². The fourth-order valence-corrected chi connectivity index (χ4v) is 3.55. The van der Waals surface area contributed by atoms with Gasteiger partial charge in [-0.05, 0) is 25.3 Å². The van der Waals surface area contributed by atoms with Crippen LogP contribution in [0.1, 0.15) is 31.0 Å². The van der Waals surface area contributed by atoms with Crippen LogP contribution in [0.2, 0.25) is 0 Å². The maximum atomic E-state index is 12.9. The average molecular weight is 368 g/mol. The predicted octanol–water partition coefficient (Wildman–Crippen LogP) is 0.966. The molecule has 4 rings (SSSR count). The number of likely N-dealkylation sites (tertiary alicyclic amines) is 1. The minimum atomic E-state index is -0.716. The van der Waals surface area contributed by atoms with Gasteiger partial charge in [0.05, 0.1) is 40.7 Å². The first-order chi connectivity index (χ1) is 13.1. The molecule has 10 nitrogen and oxygen atoms in total. The lowest BCUT2D eigenvalue weighted by Gasteiger charge is -2.35. The molecule has 0 spiro atoms. The van der Waals surface area contributed by atoms with E-state index in [4.69, 9.17) is 5.73 Å². The number of nitrogen functional groups attached to an aromatic ring is 1. The van der Waals surface area contributed by atoms with Crippen LogP contribution in [0.4, 0.5) is 11.5 Å². The Bertz CT molecular complexity index is 1010. The van der Waals surface area contributed by atoms with Crippen molar-refractivity contribution >= 4 is 34.2 Å². The van der Waals surface area contributed by atoms with E-state index in [1.165, 1.54) is 12.4 Å². The Morgan fingerprint density at radius 2 is 2.19 bits per heavy atom. The molecule has 3 aromatic rings. The Kier molecular flexibility index (Phi) is 4.22. The highest BCUT2D eigenvalue weighted by molar-refractivity contribution is 6.40. The van der Waals surface area contributed by atoms with E-state index in [0.29, 0.717) is 29.0 Å². The predicted molar refractivity (Wildman–Crippen MR) is 98.4 cm³/mol. The van der Waals surface area contributed by atoms with Crippen LogP contribution in [0.25, 0.3) is 10.9 Å². The van der Waals surface area contributed by atoms with Gasteiger partial charge in [-0.15, -0.1) is 0 Å². The van der Waals surface area contributed by atoms with Crippen molar-refractivity contribution in [2.75, 3.05) is 17.6 Å². The fourth-order valence-electron chi connectivity index (χ4n) is 3.55. The second-order valence-corrected chi connectivity index (χ2v) is 6.56. The molecule has 0 aliphatic carbocycles. The van der Waals surface area contributed by atoms with Gasteiger partial charge in [0, 0.05) is 19.8 Å². The normalized spacial score (nSPS) is 17.2. The largest absolute Gasteiger partial charge is 0.383 e. The molecule has 2 amide bonds. The van der Waals surface area contributed by atoms with Crippen molar-refractivity contribution in [1.82, 2.24) is 29.9 Å². The summed E-state index contributed by atoms with van der Waals surface area (Å²) in [4.78, 5) is 31.2. The van der Waals surface area contributed by atoms with Crippen LogP contribution in [0, 0.1) is 0 Å². The lowest BCUT2D eigenvalue weighted by molar-refractivity contribution is -0.146. The molecule has 4 N–H and O–H groups in total. The molecule has 1 saturated heterocycles. The molecular weight excluding hydrogens is 348 g/mol. The highest BCUT2D eigenvalue weighted by Gasteiger charge is 2.33. The Labute approximate surface area is 154 Å². The number of hydrogen-bond donors (Lipinski definition) is 3. The minimum absolute atomic E-state index is 0.166. The first kappa shape index (κ1) is 17.0. The molecule has 4 heterocycles. The zero-order valence-corrected chi connectivity index (χ0v) is 14.8. The van der Waals surface area contributed by atoms with Crippen molar-refractivity contribution < 1.29 is 9.59 Å². The van der Waals surface area contributed by atoms with Gasteiger partial charge >= 0.3 is 11.8 Å². The third kappa shape index (κ3) is 2.98. The molecule has 10 heteroatoms. The van der Waals surface area contributed by atoms with E-state index >= 15 is 0 Å². The number of piperidine rings is 1. The molecule has 0 aromatic carbocycles. The molecule has 1 aliphatic rings. The van der Waals surface area contributed by atoms with E-state index in [1.807, 2.05) is 13.1 Å². The van der Waals surface area contributed by atoms with Crippen molar-refractivity contribution in [1.29, 1.82) is 0 Å². The second kappa shape index (κ2) is 6.71. The molecule has 1 aliphatic heterocycles. The van der Waals surface area contributed by atoms with Crippen LogP contribution in [0.15, 0.2) is 24.7 Å². The van der Waals surface area contributed by atoms with Crippen LogP contribution in [-0.4, -0.2) is 48.2 Å². The zero-order valence-electron chi connectivity index (χ0n) is 14.8. The zero-order chi connectivity index (χ0) is 19.0. The third-order valence-electron chi connectivity index (χ3n) is 4.92. The summed E-state index contributed by atoms with van der Waals surface area (Å²) >= 11 is 0. The van der Waals surface area contributed by atoms with E-state index in [1.54, 1.807) is 15.8 Å². The van der Waals surface area contributed by atoms with Crippen molar-refractivity contribution in [3.05, 3.63) is 30.4 Å². The lowest BCUT2D eigenvalue weighted by Crippen LogP contribution is -2.44. The number of carbonyl (C=O) groups excluding carboxylic acids is 2. The quantitative estimate of drug-likeness (QED) is 0.577. The smallest absolute Gasteiger partial charge is 0.314 e. The van der Waals surface area contributed by atoms with Crippen LogP contribution >= 0.6 is 0 Å². The van der Waals surface area contributed by atoms with E-state index in [0.717, 1.165) is 25.0 Å². The number of nitrogens with two attached hydrogens (primary N) is 1. The number of nitrogens with one attached hydrogen (secondary N) is 2. The number of pyridine rings is 1. The molecule has 1 atom stereocenters. The number of aromatic nitrogens is 5. The van der Waals surface area contributed by atoms with Crippen LogP contribution < -0.4 is 11.1 Å². The van der Waals surface area contributed by atoms with E-state index in [9.17, 15) is 9.59 Å². The summed E-state index contributed by atoms with van der Waals surface area (Å²) < 4.78 is 1.74. The van der Waals surface area contributed by atoms with Gasteiger partial charge in [-0.1, -0.05) is 0 Å². The van der Waals surface area contributed by atoms with E-state index in [2.05, 4.69) is 25.6 Å². The van der Waals surface area contributed by atoms with Gasteiger partial charge in [-0.25, -0.2) is 4.98 Å². The van der Waals surface area contributed by atoms with Gasteiger partial charge in [0.1, 0.15) is 5.82 Å². The van der Waals surface area contributed by atoms with Gasteiger partial charge in [-0.3, -0.25) is 19.4 Å². The number of aryl methyl sites for hydroxylation is 1. The molecular formula is C17H20N8O2. The number of amides is 2. The van der Waals surface area contributed by atoms with Crippen LogP contribution in [0.5, 0.6) is 0 Å². The first-order valence-electron chi connectivity index (χ1n) is 8.73. The van der Waals surface area contributed by atoms with Crippen molar-refractivity contribution in [2.45, 2.75) is 25.3 Å². The number of hydrogen-bond acceptors (Lipinski definition) is 6. The summed E-state index contributed by atoms with van der Waals surface area (Å²) in [6, 6.07) is 1.72. The highest BCUT2D eigenvalue weighted by atomic mass is 16.2. The third-order valence-corrected chi connectivity index (χ3v) is 4.92. The fraction of sp³-hybridized carbons (Fsp3) is 0.353. The average Bonchev–Trinajstić information content (AvgIpc) is 3.33. The molecule has 1 fully saturated rings. The monoisotopic (exact) mass is 368 g/mol. The van der Waals surface area contributed by atoms with E-state index < -0.39 is 11.8 Å². The molecule has 0 saturated carbocycles. The second-order valence-electron chi connectivity index (χ2n) is 6.56. The van der Waals surface area contributed by atoms with Gasteiger partial charge < -0.3 is 16.0 Å². The van der Waals surface area contributed by atoms with Crippen molar-refractivity contribution in [3.63, 3.8) is 0 Å². The Balaban J connectivity index is 1.57. The number of fused-ring (bicyclic) bond motifs is 1. The van der Waals surface area contributed by atoms with Gasteiger partial charge in [0.2, 0.25) is 0 Å². The Morgan fingerprint density at radius 1 is 1.33 bits per heavy atom. The molecule has 0 unspecified atom stereocenters. The molecule has 140 valence electrons. The summed E-state index contributed by atoms with van der Waals surface area (Å²) in [7, 11) is 1.84. The summed E-state index contributed by atoms with van der Waals surface area (Å²) in [6.07, 6.45) is 7.29. The Morgan fingerprint density at radius 3 is 2.96 bits per heavy atom. The van der Waals surface area contributed by atoms with Crippen LogP contribution in [-0.2, 0) is 16.6 Å². The van der Waals surface area contributed by atoms with E-state index in [-0.39, 0.29) is 6.04 Å². The minimum Gasteiger partial charge on any atom is -0.383 e. The van der Waals surface area contributed by atoms with Gasteiger partial charge in [0.25, 0.3) is 0 Å². The summed E-state index contributed by atoms with van der Waals surface area (Å²) in [6.45, 7) is 0.529. The standard InChI is InChI=1S/C17H20N8O2/c1-24-12(5-6-21-24)13-4-2-3-7-25(13)17(27)16(26)22-11-9-19-15(18)10-8-20-23-14(10)11/h5-6,8-9,13H,2-4,7H2,1H3,(H2,18,19)(H,20,23)(H,22,26)/t13-/m1/s1. The topological polar surface area (TPSA) is 135 Å². The van der Waals surface area contributed by atoms with Crippen molar-refractivity contribution in [3.8, 4) is 0 Å². The summed E-state index contributed by atoms with van der Waals surface area (Å²) in [5, 5.41) is 14.1. The molecule has 3 aromatic heterocycles. The number of H-pyrrole nitrogens is 1. The Hall–Kier alpha value is -3.43.